The van der Waals surface area contributed by atoms with Crippen LogP contribution in [0, 0.1) is 0 Å². The van der Waals surface area contributed by atoms with E-state index >= 15 is 0 Å². The molecule has 1 N–H and O–H groups in total. The molecule has 1 amide bonds. The summed E-state index contributed by atoms with van der Waals surface area (Å²) in [6.07, 6.45) is 2.56. The Morgan fingerprint density at radius 3 is 3.12 bits per heavy atom. The van der Waals surface area contributed by atoms with Crippen LogP contribution in [-0.2, 0) is 4.79 Å². The fourth-order valence-corrected chi connectivity index (χ4v) is 2.57. The molecule has 0 aromatic heterocycles. The molecule has 1 aromatic carbocycles. The van der Waals surface area contributed by atoms with Crippen molar-refractivity contribution in [1.29, 1.82) is 0 Å². The van der Waals surface area contributed by atoms with Crippen molar-refractivity contribution in [3.63, 3.8) is 0 Å². The number of halogens is 1. The lowest BCUT2D eigenvalue weighted by atomic mass is 9.95. The quantitative estimate of drug-likeness (QED) is 0.715. The molecule has 1 atom stereocenters. The van der Waals surface area contributed by atoms with Gasteiger partial charge in [-0.1, -0.05) is 29.8 Å². The molecule has 1 aromatic rings. The molecule has 1 aliphatic carbocycles. The predicted octanol–water partition coefficient (Wildman–Crippen LogP) is 0.592. The van der Waals surface area contributed by atoms with E-state index in [0.29, 0.717) is 17.0 Å². The van der Waals surface area contributed by atoms with Crippen LogP contribution >= 0.6 is 11.6 Å². The van der Waals surface area contributed by atoms with Crippen molar-refractivity contribution in [2.24, 2.45) is 4.99 Å². The maximum Gasteiger partial charge on any atom is 0.255 e. The van der Waals surface area contributed by atoms with Crippen LogP contribution in [0.3, 0.4) is 0 Å². The third-order valence-electron chi connectivity index (χ3n) is 3.03. The molecule has 0 radical (unpaired) electrons. The first-order valence-corrected chi connectivity index (χ1v) is 5.91. The van der Waals surface area contributed by atoms with Gasteiger partial charge in [0.05, 0.1) is 11.3 Å². The highest BCUT2D eigenvalue weighted by atomic mass is 35.5. The largest absolute Gasteiger partial charge is 0.330 e. The maximum atomic E-state index is 12.0. The molecular weight excluding hydrogens is 236 g/mol. The molecule has 0 saturated heterocycles. The van der Waals surface area contributed by atoms with Crippen LogP contribution in [-0.4, -0.2) is 17.8 Å². The minimum absolute atomic E-state index is 0.0564. The van der Waals surface area contributed by atoms with Crippen LogP contribution in [0.1, 0.15) is 13.3 Å². The highest BCUT2D eigenvalue weighted by Gasteiger charge is 2.25. The summed E-state index contributed by atoms with van der Waals surface area (Å²) in [6.45, 7) is 1.87. The van der Waals surface area contributed by atoms with Gasteiger partial charge in [-0.25, -0.2) is 0 Å². The zero-order chi connectivity index (χ0) is 12.0. The van der Waals surface area contributed by atoms with Crippen LogP contribution in [0.2, 0.25) is 5.02 Å². The number of rotatable bonds is 0. The summed E-state index contributed by atoms with van der Waals surface area (Å²) in [4.78, 5) is 16.5. The number of benzene rings is 1. The number of carbonyl (C=O) groups excluding carboxylic acids is 1. The van der Waals surface area contributed by atoms with Gasteiger partial charge in [0.1, 0.15) is 6.17 Å². The highest BCUT2D eigenvalue weighted by molar-refractivity contribution is 6.44. The molecule has 17 heavy (non-hydrogen) atoms. The van der Waals surface area contributed by atoms with E-state index in [9.17, 15) is 4.79 Å². The normalized spacial score (nSPS) is 22.0. The standard InChI is InChI=1S/C13H11ClN2O/c1-7-15-11-6-5-8-9(3-2-4-10(8)14)12(11)13(17)16-7/h2-5,7H,6H2,1H3,(H,16,17). The molecular formula is C13H11ClN2O. The number of nitrogens with zero attached hydrogens (tertiary/aromatic N) is 1. The van der Waals surface area contributed by atoms with Crippen LogP contribution in [0.15, 0.2) is 23.2 Å². The Kier molecular flexibility index (Phi) is 2.30. The van der Waals surface area contributed by atoms with E-state index in [4.69, 9.17) is 11.6 Å². The van der Waals surface area contributed by atoms with Gasteiger partial charge in [-0.2, -0.15) is 0 Å². The fraction of sp³-hybridized carbons (Fsp3) is 0.231. The van der Waals surface area contributed by atoms with Gasteiger partial charge in [0, 0.05) is 11.4 Å². The number of fused-ring (bicyclic) bond motifs is 2. The molecule has 0 bridgehead atoms. The average Bonchev–Trinajstić information content (AvgIpc) is 2.28. The second-order valence-corrected chi connectivity index (χ2v) is 4.62. The van der Waals surface area contributed by atoms with Gasteiger partial charge < -0.3 is 5.32 Å². The lowest BCUT2D eigenvalue weighted by Crippen LogP contribution is -2.46. The Hall–Kier alpha value is -1.61. The van der Waals surface area contributed by atoms with Crippen LogP contribution in [0.4, 0.5) is 0 Å². The Morgan fingerprint density at radius 2 is 2.29 bits per heavy atom. The smallest absolute Gasteiger partial charge is 0.255 e. The van der Waals surface area contributed by atoms with E-state index in [1.807, 2.05) is 31.2 Å². The lowest BCUT2D eigenvalue weighted by Gasteiger charge is -2.22. The summed E-state index contributed by atoms with van der Waals surface area (Å²) < 4.78 is 0. The molecule has 1 unspecified atom stereocenters. The van der Waals surface area contributed by atoms with Gasteiger partial charge in [-0.15, -0.1) is 0 Å². The SMILES string of the molecule is CC1N=C2CC=c3c(Cl)cccc3=C2C(=O)N1. The van der Waals surface area contributed by atoms with Crippen molar-refractivity contribution in [2.75, 3.05) is 0 Å². The van der Waals surface area contributed by atoms with Gasteiger partial charge >= 0.3 is 0 Å². The Morgan fingerprint density at radius 1 is 1.47 bits per heavy atom. The number of amides is 1. The predicted molar refractivity (Wildman–Crippen MR) is 68.2 cm³/mol. The van der Waals surface area contributed by atoms with E-state index in [1.54, 1.807) is 0 Å². The summed E-state index contributed by atoms with van der Waals surface area (Å²) in [7, 11) is 0. The lowest BCUT2D eigenvalue weighted by molar-refractivity contribution is -0.116. The van der Waals surface area contributed by atoms with Crippen molar-refractivity contribution >= 4 is 34.9 Å². The molecule has 0 saturated carbocycles. The third kappa shape index (κ3) is 1.58. The highest BCUT2D eigenvalue weighted by Crippen LogP contribution is 2.13. The Bertz CT molecular complexity index is 660. The number of aliphatic imine (C=N–C) groups is 1. The van der Waals surface area contributed by atoms with E-state index < -0.39 is 0 Å². The van der Waals surface area contributed by atoms with Gasteiger partial charge in [-0.05, 0) is 23.4 Å². The molecule has 86 valence electrons. The summed E-state index contributed by atoms with van der Waals surface area (Å²) in [5.74, 6) is -0.0564. The number of nitrogens with one attached hydrogen (secondary N) is 1. The van der Waals surface area contributed by atoms with Crippen LogP contribution < -0.4 is 15.8 Å². The van der Waals surface area contributed by atoms with Crippen molar-refractivity contribution in [2.45, 2.75) is 19.5 Å². The summed E-state index contributed by atoms with van der Waals surface area (Å²) in [5.41, 5.74) is 1.53. The first kappa shape index (κ1) is 10.5. The van der Waals surface area contributed by atoms with Gasteiger partial charge in [0.25, 0.3) is 5.91 Å². The molecule has 0 fully saturated rings. The first-order chi connectivity index (χ1) is 8.16. The van der Waals surface area contributed by atoms with E-state index in [1.165, 1.54) is 0 Å². The van der Waals surface area contributed by atoms with Crippen molar-refractivity contribution in [3.8, 4) is 0 Å². The van der Waals surface area contributed by atoms with Gasteiger partial charge in [-0.3, -0.25) is 9.79 Å². The molecule has 2 aliphatic rings. The second kappa shape index (κ2) is 3.70. The fourth-order valence-electron chi connectivity index (χ4n) is 2.32. The zero-order valence-corrected chi connectivity index (χ0v) is 10.1. The summed E-state index contributed by atoms with van der Waals surface area (Å²) in [6, 6.07) is 5.61. The molecule has 4 heteroatoms. The Labute approximate surface area is 104 Å². The molecule has 3 rings (SSSR count). The number of hydrogen-bond donors (Lipinski definition) is 1. The minimum Gasteiger partial charge on any atom is -0.330 e. The van der Waals surface area contributed by atoms with E-state index in [-0.39, 0.29) is 12.1 Å². The zero-order valence-electron chi connectivity index (χ0n) is 9.33. The van der Waals surface area contributed by atoms with Crippen molar-refractivity contribution < 1.29 is 4.79 Å². The topological polar surface area (TPSA) is 41.5 Å². The first-order valence-electron chi connectivity index (χ1n) is 5.54. The summed E-state index contributed by atoms with van der Waals surface area (Å²) >= 11 is 6.13. The van der Waals surface area contributed by atoms with Crippen LogP contribution in [0.5, 0.6) is 0 Å². The minimum atomic E-state index is -0.143. The van der Waals surface area contributed by atoms with Crippen molar-refractivity contribution in [3.05, 3.63) is 33.7 Å². The second-order valence-electron chi connectivity index (χ2n) is 4.21. The molecule has 1 heterocycles. The van der Waals surface area contributed by atoms with Gasteiger partial charge in [0.15, 0.2) is 0 Å². The van der Waals surface area contributed by atoms with E-state index in [2.05, 4.69) is 10.3 Å². The van der Waals surface area contributed by atoms with Gasteiger partial charge in [0.2, 0.25) is 0 Å². The number of hydrogen-bond acceptors (Lipinski definition) is 2. The molecule has 3 nitrogen and oxygen atoms in total. The Balaban J connectivity index is 2.42. The monoisotopic (exact) mass is 246 g/mol. The molecule has 1 aliphatic heterocycles. The van der Waals surface area contributed by atoms with Crippen molar-refractivity contribution in [1.82, 2.24) is 5.32 Å². The van der Waals surface area contributed by atoms with Crippen LogP contribution in [0.25, 0.3) is 11.6 Å². The van der Waals surface area contributed by atoms with E-state index in [0.717, 1.165) is 16.1 Å². The average molecular weight is 247 g/mol. The third-order valence-corrected chi connectivity index (χ3v) is 3.36. The molecule has 0 spiro atoms. The maximum absolute atomic E-state index is 12.0. The summed E-state index contributed by atoms with van der Waals surface area (Å²) in [5, 5.41) is 5.32. The number of carbonyl (C=O) groups is 1.